The second-order valence-corrected chi connectivity index (χ2v) is 6.81. The summed E-state index contributed by atoms with van der Waals surface area (Å²) in [5.41, 5.74) is 0.763. The Bertz CT molecular complexity index is 780. The Balaban J connectivity index is 2.85. The van der Waals surface area contributed by atoms with Gasteiger partial charge in [0, 0.05) is 13.3 Å². The van der Waals surface area contributed by atoms with Gasteiger partial charge in [-0.25, -0.2) is 23.4 Å². The fourth-order valence-electron chi connectivity index (χ4n) is 1.57. The predicted octanol–water partition coefficient (Wildman–Crippen LogP) is 2.34. The van der Waals surface area contributed by atoms with Crippen molar-refractivity contribution in [1.29, 1.82) is 0 Å². The number of sulfone groups is 1. The summed E-state index contributed by atoms with van der Waals surface area (Å²) in [6.45, 7) is 0. The van der Waals surface area contributed by atoms with Gasteiger partial charge in [0.2, 0.25) is 5.03 Å². The van der Waals surface area contributed by atoms with Crippen LogP contribution in [0.5, 0.6) is 0 Å². The minimum Gasteiger partial charge on any atom is -0.276 e. The number of anilines is 1. The van der Waals surface area contributed by atoms with Gasteiger partial charge in [-0.2, -0.15) is 0 Å². The lowest BCUT2D eigenvalue weighted by Crippen LogP contribution is -2.20. The quantitative estimate of drug-likeness (QED) is 0.801. The van der Waals surface area contributed by atoms with E-state index in [0.717, 1.165) is 6.26 Å². The van der Waals surface area contributed by atoms with Crippen molar-refractivity contribution in [3.8, 4) is 0 Å². The van der Waals surface area contributed by atoms with Gasteiger partial charge in [0.15, 0.2) is 15.7 Å². The Hall–Kier alpha value is -1.15. The second kappa shape index (κ2) is 5.33. The molecule has 0 aliphatic rings. The average Bonchev–Trinajstić information content (AvgIpc) is 2.37. The van der Waals surface area contributed by atoms with E-state index < -0.39 is 9.84 Å². The van der Waals surface area contributed by atoms with Crippen molar-refractivity contribution in [1.82, 2.24) is 9.97 Å². The summed E-state index contributed by atoms with van der Waals surface area (Å²) in [6, 6.07) is 2.99. The lowest BCUT2D eigenvalue weighted by molar-refractivity contribution is 0.180. The van der Waals surface area contributed by atoms with Crippen molar-refractivity contribution >= 4 is 49.9 Å². The van der Waals surface area contributed by atoms with Gasteiger partial charge in [0.05, 0.1) is 28.2 Å². The third kappa shape index (κ3) is 2.80. The molecule has 0 bridgehead atoms. The van der Waals surface area contributed by atoms with E-state index in [-0.39, 0.29) is 15.9 Å². The monoisotopic (exact) mass is 335 g/mol. The number of benzene rings is 1. The highest BCUT2D eigenvalue weighted by Gasteiger charge is 2.22. The molecule has 0 saturated heterocycles. The standard InChI is InChI=1S/C11H11Cl2N3O3S/c1-16(19-2)10-11(20(3,17)18)15-9-5-7(13)6(12)4-8(9)14-10/h4-5H,1-3H3. The normalized spacial score (nSPS) is 11.8. The lowest BCUT2D eigenvalue weighted by atomic mass is 10.3. The first kappa shape index (κ1) is 15.2. The van der Waals surface area contributed by atoms with Crippen LogP contribution in [0.4, 0.5) is 5.82 Å². The number of rotatable bonds is 3. The molecule has 0 fully saturated rings. The minimum atomic E-state index is -3.57. The average molecular weight is 336 g/mol. The highest BCUT2D eigenvalue weighted by Crippen LogP contribution is 2.29. The zero-order valence-electron chi connectivity index (χ0n) is 10.9. The van der Waals surface area contributed by atoms with Gasteiger partial charge in [-0.15, -0.1) is 0 Å². The van der Waals surface area contributed by atoms with E-state index in [1.807, 2.05) is 0 Å². The van der Waals surface area contributed by atoms with Crippen molar-refractivity contribution in [3.05, 3.63) is 22.2 Å². The number of halogens is 2. The Labute approximate surface area is 126 Å². The first-order valence-electron chi connectivity index (χ1n) is 5.38. The maximum atomic E-state index is 11.8. The molecule has 1 aromatic heterocycles. The fraction of sp³-hybridized carbons (Fsp3) is 0.273. The van der Waals surface area contributed by atoms with Crippen LogP contribution in [0, 0.1) is 0 Å². The number of aromatic nitrogens is 2. The van der Waals surface area contributed by atoms with Crippen LogP contribution in [0.3, 0.4) is 0 Å². The third-order valence-electron chi connectivity index (χ3n) is 2.58. The molecule has 0 spiro atoms. The van der Waals surface area contributed by atoms with Crippen molar-refractivity contribution in [2.24, 2.45) is 0 Å². The van der Waals surface area contributed by atoms with Gasteiger partial charge in [-0.3, -0.25) is 4.84 Å². The van der Waals surface area contributed by atoms with Gasteiger partial charge < -0.3 is 0 Å². The summed E-state index contributed by atoms with van der Waals surface area (Å²) in [5, 5.41) is 1.62. The van der Waals surface area contributed by atoms with Crippen molar-refractivity contribution in [2.45, 2.75) is 5.03 Å². The molecule has 0 radical (unpaired) electrons. The van der Waals surface area contributed by atoms with Crippen LogP contribution in [0.1, 0.15) is 0 Å². The summed E-state index contributed by atoms with van der Waals surface area (Å²) >= 11 is 11.8. The van der Waals surface area contributed by atoms with Crippen LogP contribution in [0.15, 0.2) is 17.2 Å². The number of hydrogen-bond acceptors (Lipinski definition) is 6. The first-order chi connectivity index (χ1) is 9.24. The SMILES string of the molecule is CON(C)c1nc2cc(Cl)c(Cl)cc2nc1S(C)(=O)=O. The Kier molecular flexibility index (Phi) is 4.06. The predicted molar refractivity (Wildman–Crippen MR) is 78.1 cm³/mol. The lowest BCUT2D eigenvalue weighted by Gasteiger charge is -2.17. The van der Waals surface area contributed by atoms with Crippen LogP contribution in [-0.4, -0.2) is 38.8 Å². The van der Waals surface area contributed by atoms with Crippen LogP contribution >= 0.6 is 23.2 Å². The summed E-state index contributed by atoms with van der Waals surface area (Å²) < 4.78 is 23.7. The molecule has 2 rings (SSSR count). The summed E-state index contributed by atoms with van der Waals surface area (Å²) in [5.74, 6) is 0.0842. The molecule has 20 heavy (non-hydrogen) atoms. The molecule has 2 aromatic rings. The second-order valence-electron chi connectivity index (χ2n) is 4.06. The Morgan fingerprint density at radius 2 is 1.65 bits per heavy atom. The minimum absolute atomic E-state index is 0.0842. The molecule has 0 aliphatic heterocycles. The molecule has 0 N–H and O–H groups in total. The molecule has 6 nitrogen and oxygen atoms in total. The first-order valence-corrected chi connectivity index (χ1v) is 8.03. The molecular weight excluding hydrogens is 325 g/mol. The molecule has 1 heterocycles. The topological polar surface area (TPSA) is 72.4 Å². The molecule has 0 saturated carbocycles. The smallest absolute Gasteiger partial charge is 0.200 e. The van der Waals surface area contributed by atoms with E-state index in [1.54, 1.807) is 0 Å². The van der Waals surface area contributed by atoms with E-state index in [4.69, 9.17) is 28.0 Å². The van der Waals surface area contributed by atoms with E-state index in [9.17, 15) is 8.42 Å². The number of hydroxylamine groups is 1. The molecule has 1 aromatic carbocycles. The zero-order chi connectivity index (χ0) is 15.1. The van der Waals surface area contributed by atoms with Crippen molar-refractivity contribution < 1.29 is 13.3 Å². The van der Waals surface area contributed by atoms with Crippen molar-refractivity contribution in [2.75, 3.05) is 25.5 Å². The summed E-state index contributed by atoms with van der Waals surface area (Å²) in [7, 11) is -0.649. The van der Waals surface area contributed by atoms with E-state index >= 15 is 0 Å². The van der Waals surface area contributed by atoms with E-state index in [2.05, 4.69) is 9.97 Å². The largest absolute Gasteiger partial charge is 0.276 e. The summed E-state index contributed by atoms with van der Waals surface area (Å²) in [6.07, 6.45) is 1.05. The van der Waals surface area contributed by atoms with Crippen LogP contribution < -0.4 is 5.06 Å². The third-order valence-corrected chi connectivity index (χ3v) is 4.28. The van der Waals surface area contributed by atoms with Crippen LogP contribution in [0.2, 0.25) is 10.0 Å². The zero-order valence-corrected chi connectivity index (χ0v) is 13.2. The maximum absolute atomic E-state index is 11.8. The Morgan fingerprint density at radius 3 is 2.10 bits per heavy atom. The van der Waals surface area contributed by atoms with Gasteiger partial charge in [0.25, 0.3) is 0 Å². The molecule has 0 aliphatic carbocycles. The number of nitrogens with zero attached hydrogens (tertiary/aromatic N) is 3. The maximum Gasteiger partial charge on any atom is 0.200 e. The molecule has 0 unspecified atom stereocenters. The van der Waals surface area contributed by atoms with E-state index in [1.165, 1.54) is 31.4 Å². The Morgan fingerprint density at radius 1 is 1.15 bits per heavy atom. The number of fused-ring (bicyclic) bond motifs is 1. The fourth-order valence-corrected chi connectivity index (χ4v) is 2.65. The summed E-state index contributed by atoms with van der Waals surface area (Å²) in [4.78, 5) is 13.3. The van der Waals surface area contributed by atoms with E-state index in [0.29, 0.717) is 16.1 Å². The van der Waals surface area contributed by atoms with Gasteiger partial charge in [0.1, 0.15) is 0 Å². The van der Waals surface area contributed by atoms with Crippen LogP contribution in [0.25, 0.3) is 11.0 Å². The van der Waals surface area contributed by atoms with Gasteiger partial charge in [-0.1, -0.05) is 23.2 Å². The molecule has 9 heteroatoms. The van der Waals surface area contributed by atoms with Crippen molar-refractivity contribution in [3.63, 3.8) is 0 Å². The molecular formula is C11H11Cl2N3O3S. The molecule has 108 valence electrons. The van der Waals surface area contributed by atoms with Crippen LogP contribution in [-0.2, 0) is 14.7 Å². The highest BCUT2D eigenvalue weighted by molar-refractivity contribution is 7.90. The highest BCUT2D eigenvalue weighted by atomic mass is 35.5. The van der Waals surface area contributed by atoms with Gasteiger partial charge >= 0.3 is 0 Å². The molecule has 0 amide bonds. The number of hydrogen-bond donors (Lipinski definition) is 0. The van der Waals surface area contributed by atoms with Gasteiger partial charge in [-0.05, 0) is 12.1 Å². The molecule has 0 atom stereocenters.